The van der Waals surface area contributed by atoms with E-state index in [1.54, 1.807) is 0 Å². The van der Waals surface area contributed by atoms with Crippen molar-refractivity contribution >= 4 is 33.0 Å². The first-order valence-corrected chi connectivity index (χ1v) is 9.69. The van der Waals surface area contributed by atoms with E-state index in [1.165, 1.54) is 11.3 Å². The van der Waals surface area contributed by atoms with Crippen LogP contribution < -0.4 is 5.43 Å². The van der Waals surface area contributed by atoms with Crippen molar-refractivity contribution in [1.29, 1.82) is 0 Å². The molecule has 0 spiro atoms. The molecule has 0 radical (unpaired) electrons. The van der Waals surface area contributed by atoms with Gasteiger partial charge >= 0.3 is 0 Å². The topological polar surface area (TPSA) is 17.1 Å². The van der Waals surface area contributed by atoms with Crippen LogP contribution in [0.3, 0.4) is 0 Å². The van der Waals surface area contributed by atoms with E-state index in [1.807, 2.05) is 47.7 Å². The molecule has 122 valence electrons. The number of hydrogen-bond acceptors (Lipinski definition) is 2. The first-order chi connectivity index (χ1) is 11.7. The normalized spacial score (nSPS) is 17.0. The fourth-order valence-electron chi connectivity index (χ4n) is 3.58. The van der Waals surface area contributed by atoms with E-state index in [4.69, 9.17) is 11.6 Å². The molecule has 1 aromatic heterocycles. The molecular formula is C21H19ClOS. The van der Waals surface area contributed by atoms with Crippen molar-refractivity contribution in [1.82, 2.24) is 0 Å². The van der Waals surface area contributed by atoms with Gasteiger partial charge in [0.25, 0.3) is 0 Å². The van der Waals surface area contributed by atoms with Crippen LogP contribution in [0, 0.1) is 5.92 Å². The summed E-state index contributed by atoms with van der Waals surface area (Å²) in [6.07, 6.45) is 4.36. The van der Waals surface area contributed by atoms with E-state index in [9.17, 15) is 4.79 Å². The molecule has 4 rings (SSSR count). The molecule has 0 aliphatic heterocycles. The highest BCUT2D eigenvalue weighted by Crippen LogP contribution is 2.33. The van der Waals surface area contributed by atoms with Gasteiger partial charge in [0.15, 0.2) is 5.43 Å². The quantitative estimate of drug-likeness (QED) is 0.543. The maximum Gasteiger partial charge on any atom is 0.191 e. The van der Waals surface area contributed by atoms with Gasteiger partial charge in [0.1, 0.15) is 0 Å². The predicted molar refractivity (Wildman–Crippen MR) is 104 cm³/mol. The van der Waals surface area contributed by atoms with Crippen LogP contribution in [0.4, 0.5) is 0 Å². The molecule has 1 atom stereocenters. The minimum atomic E-state index is 0.246. The second kappa shape index (κ2) is 6.34. The fraction of sp³-hybridized carbons (Fsp3) is 0.286. The molecule has 0 bridgehead atoms. The predicted octanol–water partition coefficient (Wildman–Crippen LogP) is 6.10. The maximum atomic E-state index is 12.8. The molecule has 0 fully saturated rings. The van der Waals surface area contributed by atoms with Gasteiger partial charge in [-0.15, -0.1) is 11.3 Å². The van der Waals surface area contributed by atoms with E-state index in [2.05, 4.69) is 13.0 Å². The highest BCUT2D eigenvalue weighted by Gasteiger charge is 2.21. The zero-order valence-corrected chi connectivity index (χ0v) is 15.2. The van der Waals surface area contributed by atoms with Crippen LogP contribution in [0.2, 0.25) is 5.02 Å². The Morgan fingerprint density at radius 2 is 1.88 bits per heavy atom. The lowest BCUT2D eigenvalue weighted by Crippen LogP contribution is -2.20. The Balaban J connectivity index is 1.85. The van der Waals surface area contributed by atoms with E-state index in [0.29, 0.717) is 0 Å². The smallest absolute Gasteiger partial charge is 0.191 e. The number of hydrogen-bond donors (Lipinski definition) is 0. The first kappa shape index (κ1) is 15.9. The molecule has 1 nitrogen and oxygen atoms in total. The molecule has 0 amide bonds. The van der Waals surface area contributed by atoms with E-state index in [0.717, 1.165) is 57.0 Å². The molecule has 1 aliphatic rings. The average Bonchev–Trinajstić information content (AvgIpc) is 2.61. The Morgan fingerprint density at radius 1 is 1.12 bits per heavy atom. The lowest BCUT2D eigenvalue weighted by Gasteiger charge is -2.22. The van der Waals surface area contributed by atoms with Crippen LogP contribution in [-0.4, -0.2) is 0 Å². The Kier molecular flexibility index (Phi) is 4.19. The summed E-state index contributed by atoms with van der Waals surface area (Å²) in [5.41, 5.74) is 3.58. The monoisotopic (exact) mass is 354 g/mol. The summed E-state index contributed by atoms with van der Waals surface area (Å²) in [4.78, 5) is 14.2. The van der Waals surface area contributed by atoms with Gasteiger partial charge < -0.3 is 0 Å². The summed E-state index contributed by atoms with van der Waals surface area (Å²) >= 11 is 7.79. The van der Waals surface area contributed by atoms with Gasteiger partial charge in [-0.1, -0.05) is 43.1 Å². The van der Waals surface area contributed by atoms with Gasteiger partial charge in [0.2, 0.25) is 0 Å². The number of fused-ring (bicyclic) bond motifs is 2. The third kappa shape index (κ3) is 2.78. The molecular weight excluding hydrogens is 336 g/mol. The van der Waals surface area contributed by atoms with Crippen molar-refractivity contribution in [2.24, 2.45) is 5.92 Å². The van der Waals surface area contributed by atoms with Gasteiger partial charge in [-0.2, -0.15) is 0 Å². The molecule has 2 aromatic carbocycles. The molecule has 1 aliphatic carbocycles. The molecule has 3 heteroatoms. The van der Waals surface area contributed by atoms with Crippen LogP contribution in [0.15, 0.2) is 47.3 Å². The average molecular weight is 355 g/mol. The molecule has 0 N–H and O–H groups in total. The summed E-state index contributed by atoms with van der Waals surface area (Å²) in [6.45, 7) is 2.25. The summed E-state index contributed by atoms with van der Waals surface area (Å²) in [5, 5.41) is 1.61. The second-order valence-electron chi connectivity index (χ2n) is 6.57. The van der Waals surface area contributed by atoms with E-state index < -0.39 is 0 Å². The lowest BCUT2D eigenvalue weighted by molar-refractivity contribution is 0.448. The summed E-state index contributed by atoms with van der Waals surface area (Å²) < 4.78 is 1.10. The summed E-state index contributed by atoms with van der Waals surface area (Å²) in [5.74, 6) is 0.727. The van der Waals surface area contributed by atoms with Gasteiger partial charge in [-0.25, -0.2) is 0 Å². The van der Waals surface area contributed by atoms with Crippen LogP contribution in [0.1, 0.15) is 30.2 Å². The van der Waals surface area contributed by atoms with E-state index in [-0.39, 0.29) is 5.43 Å². The molecule has 0 saturated heterocycles. The Hall–Kier alpha value is -1.64. The third-order valence-corrected chi connectivity index (χ3v) is 6.57. The number of benzene rings is 2. The second-order valence-corrected chi connectivity index (χ2v) is 8.14. The standard InChI is InChI=1S/C21H19ClOS/c1-2-13-3-9-17-19(11-13)24-20-12-15(6-10-18(20)21(17)23)14-4-7-16(22)8-5-14/h4-8,10,12-13H,2-3,9,11H2,1H3. The Labute approximate surface area is 150 Å². The summed E-state index contributed by atoms with van der Waals surface area (Å²) in [7, 11) is 0. The van der Waals surface area contributed by atoms with Gasteiger partial charge in [-0.3, -0.25) is 4.79 Å². The van der Waals surface area contributed by atoms with Crippen LogP contribution in [0.5, 0.6) is 0 Å². The Bertz CT molecular complexity index is 956. The zero-order chi connectivity index (χ0) is 16.7. The van der Waals surface area contributed by atoms with Crippen molar-refractivity contribution in [3.63, 3.8) is 0 Å². The minimum Gasteiger partial charge on any atom is -0.289 e. The third-order valence-electron chi connectivity index (χ3n) is 5.10. The van der Waals surface area contributed by atoms with Crippen molar-refractivity contribution in [2.45, 2.75) is 32.6 Å². The molecule has 0 saturated carbocycles. The highest BCUT2D eigenvalue weighted by molar-refractivity contribution is 7.18. The van der Waals surface area contributed by atoms with Crippen LogP contribution >= 0.6 is 22.9 Å². The van der Waals surface area contributed by atoms with Crippen molar-refractivity contribution in [2.75, 3.05) is 0 Å². The zero-order valence-electron chi connectivity index (χ0n) is 13.6. The fourth-order valence-corrected chi connectivity index (χ4v) is 5.06. The minimum absolute atomic E-state index is 0.246. The van der Waals surface area contributed by atoms with Crippen LogP contribution in [-0.2, 0) is 12.8 Å². The van der Waals surface area contributed by atoms with Gasteiger partial charge in [-0.05, 0) is 60.6 Å². The highest BCUT2D eigenvalue weighted by atomic mass is 35.5. The maximum absolute atomic E-state index is 12.8. The van der Waals surface area contributed by atoms with Crippen LogP contribution in [0.25, 0.3) is 21.2 Å². The molecule has 24 heavy (non-hydrogen) atoms. The Morgan fingerprint density at radius 3 is 2.62 bits per heavy atom. The molecule has 1 heterocycles. The SMILES string of the molecule is CCC1CCc2c(sc3cc(-c4ccc(Cl)cc4)ccc3c2=O)C1. The van der Waals surface area contributed by atoms with Crippen molar-refractivity contribution < 1.29 is 0 Å². The number of halogens is 1. The lowest BCUT2D eigenvalue weighted by atomic mass is 9.86. The summed E-state index contributed by atoms with van der Waals surface area (Å²) in [6, 6.07) is 14.1. The van der Waals surface area contributed by atoms with Gasteiger partial charge in [0.05, 0.1) is 0 Å². The first-order valence-electron chi connectivity index (χ1n) is 8.50. The van der Waals surface area contributed by atoms with Crippen molar-refractivity contribution in [3.8, 4) is 11.1 Å². The largest absolute Gasteiger partial charge is 0.289 e. The molecule has 1 unspecified atom stereocenters. The number of rotatable bonds is 2. The van der Waals surface area contributed by atoms with Gasteiger partial charge in [0, 0.05) is 25.5 Å². The molecule has 3 aromatic rings. The van der Waals surface area contributed by atoms with E-state index >= 15 is 0 Å². The van der Waals surface area contributed by atoms with Crippen molar-refractivity contribution in [3.05, 3.63) is 68.2 Å².